The Bertz CT molecular complexity index is 1230. The van der Waals surface area contributed by atoms with Crippen LogP contribution in [0.5, 0.6) is 0 Å². The predicted octanol–water partition coefficient (Wildman–Crippen LogP) is 3.70. The van der Waals surface area contributed by atoms with E-state index >= 15 is 0 Å². The first-order valence-corrected chi connectivity index (χ1v) is 12.1. The first kappa shape index (κ1) is 24.4. The van der Waals surface area contributed by atoms with Gasteiger partial charge in [0.2, 0.25) is 5.95 Å². The van der Waals surface area contributed by atoms with Gasteiger partial charge in [-0.3, -0.25) is 5.32 Å². The Morgan fingerprint density at radius 2 is 1.94 bits per heavy atom. The highest BCUT2D eigenvalue weighted by atomic mass is 32.1. The summed E-state index contributed by atoms with van der Waals surface area (Å²) in [5, 5.41) is 25.2. The van der Waals surface area contributed by atoms with Crippen LogP contribution in [0.3, 0.4) is 0 Å². The minimum Gasteiger partial charge on any atom is -0.477 e. The zero-order valence-electron chi connectivity index (χ0n) is 19.9. The van der Waals surface area contributed by atoms with Gasteiger partial charge < -0.3 is 20.2 Å². The number of aromatic carboxylic acids is 1. The molecule has 182 valence electrons. The molecule has 0 saturated carbocycles. The lowest BCUT2D eigenvalue weighted by molar-refractivity contribution is 0.0701. The van der Waals surface area contributed by atoms with Crippen LogP contribution in [0.1, 0.15) is 39.3 Å². The summed E-state index contributed by atoms with van der Waals surface area (Å²) in [6.07, 6.45) is 2.09. The van der Waals surface area contributed by atoms with Crippen LogP contribution in [-0.4, -0.2) is 64.2 Å². The summed E-state index contributed by atoms with van der Waals surface area (Å²) in [5.74, 6) is 0.790. The van der Waals surface area contributed by atoms with Gasteiger partial charge in [-0.25, -0.2) is 9.78 Å². The van der Waals surface area contributed by atoms with Crippen molar-refractivity contribution in [3.63, 3.8) is 0 Å². The lowest BCUT2D eigenvalue weighted by Gasteiger charge is -2.36. The smallest absolute Gasteiger partial charge is 0.347 e. The second kappa shape index (κ2) is 10.7. The summed E-state index contributed by atoms with van der Waals surface area (Å²) in [7, 11) is 4.22. The first-order chi connectivity index (χ1) is 16.8. The summed E-state index contributed by atoms with van der Waals surface area (Å²) in [5.41, 5.74) is 2.09. The first-order valence-electron chi connectivity index (χ1n) is 11.3. The fraction of sp³-hybridized carbons (Fsp3) is 0.375. The number of aromatic nitrogens is 3. The Hall–Kier alpha value is -3.75. The number of anilines is 4. The largest absolute Gasteiger partial charge is 0.477 e. The van der Waals surface area contributed by atoms with Gasteiger partial charge in [-0.1, -0.05) is 23.5 Å². The van der Waals surface area contributed by atoms with Crippen molar-refractivity contribution in [2.45, 2.75) is 32.4 Å². The molecule has 3 heterocycles. The molecule has 1 saturated heterocycles. The van der Waals surface area contributed by atoms with Gasteiger partial charge in [-0.15, -0.1) is 0 Å². The number of carbonyl (C=O) groups is 1. The third-order valence-electron chi connectivity index (χ3n) is 6.00. The van der Waals surface area contributed by atoms with Gasteiger partial charge in [0.1, 0.15) is 16.5 Å². The van der Waals surface area contributed by atoms with E-state index < -0.39 is 5.97 Å². The maximum absolute atomic E-state index is 11.4. The molecule has 1 aliphatic rings. The normalized spacial score (nSPS) is 14.1. The van der Waals surface area contributed by atoms with Gasteiger partial charge in [0, 0.05) is 31.7 Å². The summed E-state index contributed by atoms with van der Waals surface area (Å²) >= 11 is 1.06. The molecule has 3 N–H and O–H groups in total. The maximum atomic E-state index is 11.4. The van der Waals surface area contributed by atoms with Crippen molar-refractivity contribution < 1.29 is 9.90 Å². The Morgan fingerprint density at radius 3 is 2.54 bits per heavy atom. The van der Waals surface area contributed by atoms with Gasteiger partial charge in [0.25, 0.3) is 0 Å². The van der Waals surface area contributed by atoms with E-state index in [9.17, 15) is 9.90 Å². The van der Waals surface area contributed by atoms with Crippen molar-refractivity contribution in [3.05, 3.63) is 52.0 Å². The maximum Gasteiger partial charge on any atom is 0.347 e. The summed E-state index contributed by atoms with van der Waals surface area (Å²) < 4.78 is 0. The van der Waals surface area contributed by atoms with E-state index in [1.807, 2.05) is 18.2 Å². The van der Waals surface area contributed by atoms with Crippen molar-refractivity contribution in [1.29, 1.82) is 5.26 Å². The van der Waals surface area contributed by atoms with Crippen LogP contribution >= 0.6 is 11.3 Å². The second-order valence-corrected chi connectivity index (χ2v) is 9.64. The number of rotatable bonds is 8. The highest BCUT2D eigenvalue weighted by Crippen LogP contribution is 2.28. The molecule has 11 heteroatoms. The van der Waals surface area contributed by atoms with E-state index in [2.05, 4.69) is 50.6 Å². The van der Waals surface area contributed by atoms with E-state index in [1.165, 1.54) is 0 Å². The summed E-state index contributed by atoms with van der Waals surface area (Å²) in [6.45, 7) is 3.97. The molecule has 1 fully saturated rings. The molecule has 10 nitrogen and oxygen atoms in total. The zero-order chi connectivity index (χ0) is 24.9. The molecular weight excluding hydrogens is 464 g/mol. The van der Waals surface area contributed by atoms with Crippen LogP contribution in [0.4, 0.5) is 22.7 Å². The van der Waals surface area contributed by atoms with Crippen LogP contribution in [-0.2, 0) is 6.54 Å². The van der Waals surface area contributed by atoms with Gasteiger partial charge in [0.15, 0.2) is 5.13 Å². The molecule has 3 aromatic rings. The van der Waals surface area contributed by atoms with Crippen LogP contribution in [0, 0.1) is 18.3 Å². The number of hydrogen-bond acceptors (Lipinski definition) is 10. The summed E-state index contributed by atoms with van der Waals surface area (Å²) in [4.78, 5) is 29.7. The number of piperidine rings is 1. The molecular formula is C24H28N8O2S. The van der Waals surface area contributed by atoms with Crippen LogP contribution in [0.25, 0.3) is 0 Å². The Morgan fingerprint density at radius 1 is 1.23 bits per heavy atom. The minimum absolute atomic E-state index is 0.188. The number of thiazole rings is 1. The van der Waals surface area contributed by atoms with Crippen molar-refractivity contribution in [2.75, 3.05) is 42.7 Å². The standard InChI is InChI=1S/C24H28N8O2S/c1-15-21(22(33)34)35-24(27-15)30-23-28-19(26-14-17-6-4-16(13-25)5-7-17)12-20(29-23)32-10-8-18(9-11-32)31(2)3/h4-7,12,18H,8-11,14H2,1-3H3,(H,33,34)(H2,26,27,28,29,30). The van der Waals surface area contributed by atoms with Crippen molar-refractivity contribution >= 4 is 40.0 Å². The molecule has 0 bridgehead atoms. The second-order valence-electron chi connectivity index (χ2n) is 8.64. The van der Waals surface area contributed by atoms with E-state index in [-0.39, 0.29) is 4.88 Å². The van der Waals surface area contributed by atoms with E-state index in [1.54, 1.807) is 19.1 Å². The zero-order valence-corrected chi connectivity index (χ0v) is 20.8. The third-order valence-corrected chi connectivity index (χ3v) is 7.06. The van der Waals surface area contributed by atoms with Crippen molar-refractivity contribution in [2.24, 2.45) is 0 Å². The number of benzene rings is 1. The summed E-state index contributed by atoms with van der Waals surface area (Å²) in [6, 6.07) is 12.0. The topological polar surface area (TPSA) is 130 Å². The number of nitrogens with one attached hydrogen (secondary N) is 2. The SMILES string of the molecule is Cc1nc(Nc2nc(NCc3ccc(C#N)cc3)cc(N3CCC(N(C)C)CC3)n2)sc1C(=O)O. The number of nitrogens with zero attached hydrogens (tertiary/aromatic N) is 6. The average molecular weight is 493 g/mol. The Balaban J connectivity index is 1.56. The Kier molecular flexibility index (Phi) is 7.43. The molecule has 0 radical (unpaired) electrons. The van der Waals surface area contributed by atoms with Crippen molar-refractivity contribution in [3.8, 4) is 6.07 Å². The highest BCUT2D eigenvalue weighted by molar-refractivity contribution is 7.17. The molecule has 0 amide bonds. The van der Waals surface area contributed by atoms with Crippen LogP contribution in [0.2, 0.25) is 0 Å². The van der Waals surface area contributed by atoms with Gasteiger partial charge >= 0.3 is 5.97 Å². The van der Waals surface area contributed by atoms with Gasteiger partial charge in [-0.05, 0) is 51.6 Å². The van der Waals surface area contributed by atoms with E-state index in [0.29, 0.717) is 40.7 Å². The Labute approximate surface area is 208 Å². The van der Waals surface area contributed by atoms with Gasteiger partial charge in [0.05, 0.1) is 17.3 Å². The number of hydrogen-bond donors (Lipinski definition) is 3. The number of aryl methyl sites for hydroxylation is 1. The minimum atomic E-state index is -1.00. The lowest BCUT2D eigenvalue weighted by atomic mass is 10.0. The molecule has 0 atom stereocenters. The number of nitriles is 1. The highest BCUT2D eigenvalue weighted by Gasteiger charge is 2.23. The van der Waals surface area contributed by atoms with Gasteiger partial charge in [-0.2, -0.15) is 15.2 Å². The van der Waals surface area contributed by atoms with Crippen molar-refractivity contribution in [1.82, 2.24) is 19.9 Å². The molecule has 0 unspecified atom stereocenters. The number of carboxylic acids is 1. The van der Waals surface area contributed by atoms with E-state index in [4.69, 9.17) is 10.2 Å². The lowest BCUT2D eigenvalue weighted by Crippen LogP contribution is -2.42. The fourth-order valence-electron chi connectivity index (χ4n) is 3.99. The van der Waals surface area contributed by atoms with Crippen LogP contribution < -0.4 is 15.5 Å². The monoisotopic (exact) mass is 492 g/mol. The van der Waals surface area contributed by atoms with Crippen LogP contribution in [0.15, 0.2) is 30.3 Å². The van der Waals surface area contributed by atoms with E-state index in [0.717, 1.165) is 48.6 Å². The predicted molar refractivity (Wildman–Crippen MR) is 137 cm³/mol. The molecule has 2 aromatic heterocycles. The molecule has 0 spiro atoms. The third kappa shape index (κ3) is 6.03. The molecule has 1 aliphatic heterocycles. The fourth-order valence-corrected chi connectivity index (χ4v) is 4.79. The molecule has 1 aromatic carbocycles. The molecule has 4 rings (SSSR count). The average Bonchev–Trinajstić information content (AvgIpc) is 3.23. The molecule has 0 aliphatic carbocycles. The quantitative estimate of drug-likeness (QED) is 0.428. The molecule has 35 heavy (non-hydrogen) atoms. The number of carboxylic acid groups (broad SMARTS) is 1.